The van der Waals surface area contributed by atoms with Crippen molar-refractivity contribution in [1.29, 1.82) is 0 Å². The molecule has 40 heavy (non-hydrogen) atoms. The normalized spacial score (nSPS) is 22.8. The van der Waals surface area contributed by atoms with Gasteiger partial charge >= 0.3 is 6.09 Å². The van der Waals surface area contributed by atoms with Crippen LogP contribution in [0.1, 0.15) is 46.5 Å². The average Bonchev–Trinajstić information content (AvgIpc) is 3.12. The van der Waals surface area contributed by atoms with E-state index < -0.39 is 11.3 Å². The number of rotatable bonds is 7. The van der Waals surface area contributed by atoms with Crippen LogP contribution in [-0.4, -0.2) is 96.1 Å². The lowest BCUT2D eigenvalue weighted by molar-refractivity contribution is -0.0134. The summed E-state index contributed by atoms with van der Waals surface area (Å²) in [6.45, 7) is 8.28. The Bertz CT molecular complexity index is 1190. The maximum absolute atomic E-state index is 16.1. The van der Waals surface area contributed by atoms with E-state index in [4.69, 9.17) is 19.9 Å². The van der Waals surface area contributed by atoms with Crippen molar-refractivity contribution < 1.29 is 23.4 Å². The lowest BCUT2D eigenvalue weighted by atomic mass is 9.91. The molecule has 1 aromatic heterocycles. The van der Waals surface area contributed by atoms with Crippen LogP contribution in [0.4, 0.5) is 20.7 Å². The van der Waals surface area contributed by atoms with Crippen LogP contribution >= 0.6 is 0 Å². The molecule has 4 heterocycles. The van der Waals surface area contributed by atoms with Gasteiger partial charge in [-0.2, -0.15) is 0 Å². The molecule has 0 aliphatic carbocycles. The maximum atomic E-state index is 16.1. The minimum absolute atomic E-state index is 0.132. The molecule has 2 N–H and O–H groups in total. The summed E-state index contributed by atoms with van der Waals surface area (Å²) >= 11 is 0. The molecule has 2 unspecified atom stereocenters. The summed E-state index contributed by atoms with van der Waals surface area (Å²) in [5.41, 5.74) is 6.77. The highest BCUT2D eigenvalue weighted by molar-refractivity contribution is 5.74. The highest BCUT2D eigenvalue weighted by atomic mass is 19.1. The molecule has 11 heteroatoms. The minimum atomic E-state index is -1.32. The highest BCUT2D eigenvalue weighted by Crippen LogP contribution is 2.39. The summed E-state index contributed by atoms with van der Waals surface area (Å²) in [4.78, 5) is 18.7. The summed E-state index contributed by atoms with van der Waals surface area (Å²) in [6.07, 6.45) is 2.31. The van der Waals surface area contributed by atoms with Crippen LogP contribution in [0.5, 0.6) is 5.75 Å². The van der Waals surface area contributed by atoms with Gasteiger partial charge in [0.2, 0.25) is 0 Å². The molecule has 3 aliphatic heterocycles. The summed E-state index contributed by atoms with van der Waals surface area (Å²) in [7, 11) is 1.58. The number of methoxy groups -OCH3 is 1. The zero-order valence-electron chi connectivity index (χ0n) is 23.9. The van der Waals surface area contributed by atoms with Gasteiger partial charge in [0.05, 0.1) is 11.4 Å². The lowest BCUT2D eigenvalue weighted by Crippen LogP contribution is -2.59. The van der Waals surface area contributed by atoms with Crippen molar-refractivity contribution >= 4 is 17.6 Å². The van der Waals surface area contributed by atoms with Gasteiger partial charge < -0.3 is 29.7 Å². The molecular formula is C29H41FN6O4. The van der Waals surface area contributed by atoms with Gasteiger partial charge in [0.25, 0.3) is 0 Å². The van der Waals surface area contributed by atoms with Crippen molar-refractivity contribution in [2.24, 2.45) is 0 Å². The summed E-state index contributed by atoms with van der Waals surface area (Å²) in [5, 5.41) is 8.62. The van der Waals surface area contributed by atoms with Crippen molar-refractivity contribution in [3.63, 3.8) is 0 Å². The number of hydrogen-bond acceptors (Lipinski definition) is 9. The number of para-hydroxylation sites is 1. The molecule has 2 atom stereocenters. The number of alkyl halides is 1. The summed E-state index contributed by atoms with van der Waals surface area (Å²) in [6, 6.07) is 10.1. The molecule has 2 bridgehead atoms. The van der Waals surface area contributed by atoms with E-state index in [1.54, 1.807) is 12.0 Å². The van der Waals surface area contributed by atoms with Crippen molar-refractivity contribution in [2.45, 2.75) is 69.8 Å². The molecule has 2 aromatic rings. The molecule has 0 saturated carbocycles. The predicted octanol–water partition coefficient (Wildman–Crippen LogP) is 4.10. The van der Waals surface area contributed by atoms with E-state index in [9.17, 15) is 4.79 Å². The Morgan fingerprint density at radius 1 is 1.12 bits per heavy atom. The number of carbonyl (C=O) groups is 1. The van der Waals surface area contributed by atoms with Crippen LogP contribution in [0.15, 0.2) is 30.3 Å². The van der Waals surface area contributed by atoms with Crippen molar-refractivity contribution in [1.82, 2.24) is 20.0 Å². The van der Waals surface area contributed by atoms with E-state index in [1.165, 1.54) is 0 Å². The quantitative estimate of drug-likeness (QED) is 0.505. The number of piperazine rings is 1. The number of fused-ring (bicyclic) bond motifs is 2. The van der Waals surface area contributed by atoms with Gasteiger partial charge in [0, 0.05) is 70.3 Å². The first kappa shape index (κ1) is 28.4. The Labute approximate surface area is 235 Å². The second-order valence-electron chi connectivity index (χ2n) is 12.1. The third kappa shape index (κ3) is 6.25. The molecule has 1 amide bonds. The van der Waals surface area contributed by atoms with Crippen LogP contribution < -0.4 is 15.4 Å². The van der Waals surface area contributed by atoms with E-state index in [2.05, 4.69) is 20.0 Å². The number of halogens is 1. The topological polar surface area (TPSA) is 106 Å². The number of hydrogen-bond donors (Lipinski definition) is 1. The van der Waals surface area contributed by atoms with Crippen LogP contribution in [0.25, 0.3) is 11.3 Å². The van der Waals surface area contributed by atoms with Gasteiger partial charge in [0.15, 0.2) is 12.6 Å². The van der Waals surface area contributed by atoms with E-state index >= 15 is 4.39 Å². The number of anilines is 2. The number of piperidine rings is 1. The number of amides is 1. The van der Waals surface area contributed by atoms with E-state index in [0.29, 0.717) is 49.7 Å². The average molecular weight is 557 g/mol. The van der Waals surface area contributed by atoms with E-state index in [-0.39, 0.29) is 25.0 Å². The largest absolute Gasteiger partial charge is 0.467 e. The molecule has 0 spiro atoms. The Balaban J connectivity index is 1.25. The Morgan fingerprint density at radius 3 is 2.45 bits per heavy atom. The third-order valence-corrected chi connectivity index (χ3v) is 8.05. The summed E-state index contributed by atoms with van der Waals surface area (Å²) < 4.78 is 32.3. The zero-order chi connectivity index (χ0) is 28.5. The maximum Gasteiger partial charge on any atom is 0.410 e. The first-order chi connectivity index (χ1) is 19.0. The molecule has 3 fully saturated rings. The minimum Gasteiger partial charge on any atom is -0.467 e. The number of carbonyl (C=O) groups excluding carboxylic acids is 1. The van der Waals surface area contributed by atoms with Gasteiger partial charge in [-0.15, -0.1) is 10.2 Å². The Kier molecular flexibility index (Phi) is 8.05. The number of nitrogen functional groups attached to an aromatic ring is 1. The molecule has 0 radical (unpaired) electrons. The third-order valence-electron chi connectivity index (χ3n) is 8.05. The van der Waals surface area contributed by atoms with E-state index in [1.807, 2.05) is 51.1 Å². The number of nitrogens with two attached hydrogens (primary N) is 1. The lowest BCUT2D eigenvalue weighted by Gasteiger charge is -2.46. The van der Waals surface area contributed by atoms with Crippen LogP contribution in [0.2, 0.25) is 0 Å². The fourth-order valence-electron chi connectivity index (χ4n) is 6.05. The molecular weight excluding hydrogens is 515 g/mol. The zero-order valence-corrected chi connectivity index (χ0v) is 23.9. The molecule has 3 saturated heterocycles. The number of aromatic nitrogens is 2. The molecule has 5 rings (SSSR count). The van der Waals surface area contributed by atoms with Crippen molar-refractivity contribution in [2.75, 3.05) is 57.3 Å². The van der Waals surface area contributed by atoms with Crippen molar-refractivity contribution in [3.8, 4) is 17.0 Å². The highest BCUT2D eigenvalue weighted by Gasteiger charge is 2.46. The number of likely N-dealkylation sites (tertiary alicyclic amines) is 1. The predicted molar refractivity (Wildman–Crippen MR) is 151 cm³/mol. The SMILES string of the molecule is COCOc1ccccc1-c1cc(N2CC3CCC(C2)N3CC2(F)CCN(C(=O)OC(C)(C)C)CC2)c(N)nn1. The standard InChI is InChI=1S/C29H41FN6O4/c1-28(2,3)40-27(37)34-13-11-29(30,12-14-34)18-36-20-9-10-21(36)17-35(16-20)24-15-23(32-33-26(24)31)22-7-5-6-8-25(22)39-19-38-4/h5-8,15,20-21H,9-14,16-19H2,1-4H3,(H2,31,33). The first-order valence-electron chi connectivity index (χ1n) is 14.1. The number of ether oxygens (including phenoxy) is 3. The van der Waals surface area contributed by atoms with Crippen molar-refractivity contribution in [3.05, 3.63) is 30.3 Å². The number of benzene rings is 1. The Morgan fingerprint density at radius 2 is 1.80 bits per heavy atom. The van der Waals surface area contributed by atoms with Crippen LogP contribution in [-0.2, 0) is 9.47 Å². The fraction of sp³-hybridized carbons (Fsp3) is 0.621. The van der Waals surface area contributed by atoms with Gasteiger partial charge in [0.1, 0.15) is 17.0 Å². The monoisotopic (exact) mass is 556 g/mol. The number of nitrogens with zero attached hydrogens (tertiary/aromatic N) is 5. The second kappa shape index (κ2) is 11.4. The molecule has 10 nitrogen and oxygen atoms in total. The molecule has 1 aromatic carbocycles. The smallest absolute Gasteiger partial charge is 0.410 e. The first-order valence-corrected chi connectivity index (χ1v) is 14.1. The Hall–Kier alpha value is -3.18. The van der Waals surface area contributed by atoms with E-state index in [0.717, 1.165) is 37.2 Å². The molecule has 3 aliphatic rings. The molecule has 218 valence electrons. The van der Waals surface area contributed by atoms with Gasteiger partial charge in [-0.05, 0) is 51.8 Å². The van der Waals surface area contributed by atoms with Crippen LogP contribution in [0.3, 0.4) is 0 Å². The van der Waals surface area contributed by atoms with Gasteiger partial charge in [-0.25, -0.2) is 9.18 Å². The van der Waals surface area contributed by atoms with Gasteiger partial charge in [-0.3, -0.25) is 4.90 Å². The fourth-order valence-corrected chi connectivity index (χ4v) is 6.05. The van der Waals surface area contributed by atoms with Crippen LogP contribution in [0, 0.1) is 0 Å². The summed E-state index contributed by atoms with van der Waals surface area (Å²) in [5.74, 6) is 1.04. The second-order valence-corrected chi connectivity index (χ2v) is 12.1. The van der Waals surface area contributed by atoms with Gasteiger partial charge in [-0.1, -0.05) is 12.1 Å².